The molecule has 0 saturated carbocycles. The smallest absolute Gasteiger partial charge is 0.0756 e. The number of aromatic nitrogens is 3. The number of hydrogen-bond donors (Lipinski definition) is 2. The molecule has 0 saturated heterocycles. The summed E-state index contributed by atoms with van der Waals surface area (Å²) in [6.07, 6.45) is 6.92. The molecule has 0 radical (unpaired) electrons. The van der Waals surface area contributed by atoms with Gasteiger partial charge in [-0.3, -0.25) is 15.5 Å². The van der Waals surface area contributed by atoms with E-state index in [1.807, 2.05) is 19.3 Å². The number of hydrogen-bond acceptors (Lipinski definition) is 4. The van der Waals surface area contributed by atoms with Crippen molar-refractivity contribution in [1.82, 2.24) is 20.2 Å². The summed E-state index contributed by atoms with van der Waals surface area (Å²) in [6.45, 7) is 0. The number of nitrogens with one attached hydrogen (secondary N) is 1. The third-order valence-corrected chi connectivity index (χ3v) is 2.66. The van der Waals surface area contributed by atoms with Gasteiger partial charge in [-0.2, -0.15) is 5.10 Å². The van der Waals surface area contributed by atoms with Gasteiger partial charge in [0.25, 0.3) is 0 Å². The lowest BCUT2D eigenvalue weighted by atomic mass is 10.0. The van der Waals surface area contributed by atoms with E-state index < -0.39 is 0 Å². The van der Waals surface area contributed by atoms with E-state index >= 15 is 0 Å². The standard InChI is InChI=1S/C10H12ClN5/c1-16-6-7(4-14-16)10(15-12)8-2-3-13-5-9(8)11/h2-6,10,15H,12H2,1H3. The van der Waals surface area contributed by atoms with Crippen molar-refractivity contribution in [2.75, 3.05) is 0 Å². The molecule has 0 aromatic carbocycles. The fraction of sp³-hybridized carbons (Fsp3) is 0.200. The average molecular weight is 238 g/mol. The summed E-state index contributed by atoms with van der Waals surface area (Å²) in [5.74, 6) is 5.55. The first-order chi connectivity index (χ1) is 7.72. The second-order valence-electron chi connectivity index (χ2n) is 3.44. The summed E-state index contributed by atoms with van der Waals surface area (Å²) in [4.78, 5) is 3.94. The molecular formula is C10H12ClN5. The first-order valence-electron chi connectivity index (χ1n) is 4.76. The molecule has 6 heteroatoms. The molecule has 0 aliphatic carbocycles. The maximum atomic E-state index is 6.07. The number of hydrazine groups is 1. The summed E-state index contributed by atoms with van der Waals surface area (Å²) >= 11 is 6.07. The molecule has 1 atom stereocenters. The van der Waals surface area contributed by atoms with Crippen molar-refractivity contribution < 1.29 is 0 Å². The quantitative estimate of drug-likeness (QED) is 0.618. The number of nitrogens with zero attached hydrogens (tertiary/aromatic N) is 3. The van der Waals surface area contributed by atoms with Crippen LogP contribution in [0.4, 0.5) is 0 Å². The van der Waals surface area contributed by atoms with Gasteiger partial charge in [0.2, 0.25) is 0 Å². The van der Waals surface area contributed by atoms with E-state index in [-0.39, 0.29) is 6.04 Å². The van der Waals surface area contributed by atoms with E-state index in [9.17, 15) is 0 Å². The number of rotatable bonds is 3. The van der Waals surface area contributed by atoms with Crippen LogP contribution in [-0.4, -0.2) is 14.8 Å². The fourth-order valence-corrected chi connectivity index (χ4v) is 1.80. The lowest BCUT2D eigenvalue weighted by molar-refractivity contribution is 0.635. The number of pyridine rings is 1. The topological polar surface area (TPSA) is 68.8 Å². The molecule has 2 rings (SSSR count). The Morgan fingerprint density at radius 2 is 2.31 bits per heavy atom. The number of halogens is 1. The Hall–Kier alpha value is -1.43. The van der Waals surface area contributed by atoms with Crippen LogP contribution < -0.4 is 11.3 Å². The first kappa shape index (κ1) is 11.1. The normalized spacial score (nSPS) is 12.7. The van der Waals surface area contributed by atoms with Crippen LogP contribution >= 0.6 is 11.6 Å². The van der Waals surface area contributed by atoms with E-state index in [2.05, 4.69) is 15.5 Å². The zero-order chi connectivity index (χ0) is 11.5. The van der Waals surface area contributed by atoms with Crippen molar-refractivity contribution in [2.24, 2.45) is 12.9 Å². The van der Waals surface area contributed by atoms with Crippen molar-refractivity contribution in [3.05, 3.63) is 47.0 Å². The van der Waals surface area contributed by atoms with E-state index in [0.29, 0.717) is 5.02 Å². The van der Waals surface area contributed by atoms with Crippen molar-refractivity contribution in [1.29, 1.82) is 0 Å². The van der Waals surface area contributed by atoms with Gasteiger partial charge in [-0.1, -0.05) is 11.6 Å². The molecule has 5 nitrogen and oxygen atoms in total. The molecule has 0 fully saturated rings. The SMILES string of the molecule is Cn1cc(C(NN)c2ccncc2Cl)cn1. The second kappa shape index (κ2) is 4.61. The predicted octanol–water partition coefficient (Wildman–Crippen LogP) is 1.02. The third kappa shape index (κ3) is 2.06. The molecule has 1 unspecified atom stereocenters. The van der Waals surface area contributed by atoms with Crippen molar-refractivity contribution in [3.8, 4) is 0 Å². The van der Waals surface area contributed by atoms with Crippen molar-refractivity contribution in [3.63, 3.8) is 0 Å². The highest BCUT2D eigenvalue weighted by atomic mass is 35.5. The third-order valence-electron chi connectivity index (χ3n) is 2.34. The summed E-state index contributed by atoms with van der Waals surface area (Å²) in [5, 5.41) is 4.68. The van der Waals surface area contributed by atoms with Gasteiger partial charge in [0, 0.05) is 31.2 Å². The molecule has 2 aromatic heterocycles. The van der Waals surface area contributed by atoms with Gasteiger partial charge in [0.1, 0.15) is 0 Å². The molecule has 2 heterocycles. The monoisotopic (exact) mass is 237 g/mol. The molecule has 0 spiro atoms. The highest BCUT2D eigenvalue weighted by Crippen LogP contribution is 2.26. The molecule has 84 valence electrons. The predicted molar refractivity (Wildman–Crippen MR) is 61.6 cm³/mol. The Bertz CT molecular complexity index is 482. The Labute approximate surface area is 98.2 Å². The molecule has 0 aliphatic rings. The number of nitrogens with two attached hydrogens (primary N) is 1. The van der Waals surface area contributed by atoms with Crippen molar-refractivity contribution >= 4 is 11.6 Å². The van der Waals surface area contributed by atoms with Gasteiger partial charge < -0.3 is 0 Å². The maximum absolute atomic E-state index is 6.07. The highest BCUT2D eigenvalue weighted by Gasteiger charge is 2.16. The minimum absolute atomic E-state index is 0.177. The summed E-state index contributed by atoms with van der Waals surface area (Å²) in [6, 6.07) is 1.66. The first-order valence-corrected chi connectivity index (χ1v) is 5.14. The second-order valence-corrected chi connectivity index (χ2v) is 3.85. The zero-order valence-corrected chi connectivity index (χ0v) is 9.52. The number of aryl methyl sites for hydroxylation is 1. The van der Waals surface area contributed by atoms with E-state index in [0.717, 1.165) is 11.1 Å². The Kier molecular flexibility index (Phi) is 3.19. The van der Waals surface area contributed by atoms with Gasteiger partial charge in [-0.15, -0.1) is 0 Å². The van der Waals surface area contributed by atoms with Crippen LogP contribution in [0, 0.1) is 0 Å². The molecular weight excluding hydrogens is 226 g/mol. The van der Waals surface area contributed by atoms with Crippen LogP contribution in [0.3, 0.4) is 0 Å². The van der Waals surface area contributed by atoms with Crippen LogP contribution in [0.1, 0.15) is 17.2 Å². The van der Waals surface area contributed by atoms with Gasteiger partial charge in [0.05, 0.1) is 17.3 Å². The van der Waals surface area contributed by atoms with Crippen LogP contribution in [0.15, 0.2) is 30.9 Å². The minimum atomic E-state index is -0.177. The zero-order valence-electron chi connectivity index (χ0n) is 8.76. The Morgan fingerprint density at radius 1 is 1.50 bits per heavy atom. The molecule has 3 N–H and O–H groups in total. The molecule has 2 aromatic rings. The minimum Gasteiger partial charge on any atom is -0.275 e. The molecule has 0 amide bonds. The van der Waals surface area contributed by atoms with E-state index in [4.69, 9.17) is 17.4 Å². The lowest BCUT2D eigenvalue weighted by Crippen LogP contribution is -2.28. The molecule has 0 bridgehead atoms. The maximum Gasteiger partial charge on any atom is 0.0756 e. The highest BCUT2D eigenvalue weighted by molar-refractivity contribution is 6.31. The van der Waals surface area contributed by atoms with Gasteiger partial charge in [-0.25, -0.2) is 5.43 Å². The van der Waals surface area contributed by atoms with Crippen LogP contribution in [0.5, 0.6) is 0 Å². The van der Waals surface area contributed by atoms with E-state index in [1.165, 1.54) is 0 Å². The lowest BCUT2D eigenvalue weighted by Gasteiger charge is -2.15. The van der Waals surface area contributed by atoms with Crippen LogP contribution in [0.25, 0.3) is 0 Å². The summed E-state index contributed by atoms with van der Waals surface area (Å²) in [5.41, 5.74) is 4.56. The Morgan fingerprint density at radius 3 is 2.88 bits per heavy atom. The molecule has 0 aliphatic heterocycles. The van der Waals surface area contributed by atoms with Gasteiger partial charge in [-0.05, 0) is 11.6 Å². The fourth-order valence-electron chi connectivity index (χ4n) is 1.57. The average Bonchev–Trinajstić information content (AvgIpc) is 2.69. The van der Waals surface area contributed by atoms with E-state index in [1.54, 1.807) is 23.3 Å². The Balaban J connectivity index is 2.40. The van der Waals surface area contributed by atoms with Crippen LogP contribution in [0.2, 0.25) is 5.02 Å². The van der Waals surface area contributed by atoms with Crippen molar-refractivity contribution in [2.45, 2.75) is 6.04 Å². The van der Waals surface area contributed by atoms with Gasteiger partial charge >= 0.3 is 0 Å². The largest absolute Gasteiger partial charge is 0.275 e. The van der Waals surface area contributed by atoms with Gasteiger partial charge in [0.15, 0.2) is 0 Å². The summed E-state index contributed by atoms with van der Waals surface area (Å²) < 4.78 is 1.72. The molecule has 16 heavy (non-hydrogen) atoms. The summed E-state index contributed by atoms with van der Waals surface area (Å²) in [7, 11) is 1.85. The van der Waals surface area contributed by atoms with Crippen LogP contribution in [-0.2, 0) is 7.05 Å².